The average molecular weight is 338 g/mol. The summed E-state index contributed by atoms with van der Waals surface area (Å²) in [7, 11) is -4.13. The number of benzene rings is 1. The largest absolute Gasteiger partial charge is 0.493 e. The maximum atomic E-state index is 11.0. The minimum absolute atomic E-state index is 0.0948. The van der Waals surface area contributed by atoms with Gasteiger partial charge in [0.05, 0.1) is 11.5 Å². The molecule has 0 amide bonds. The summed E-state index contributed by atoms with van der Waals surface area (Å²) in [5, 5.41) is 0. The van der Waals surface area contributed by atoms with Crippen molar-refractivity contribution in [3.63, 3.8) is 0 Å². The third-order valence-electron chi connectivity index (χ3n) is 5.52. The van der Waals surface area contributed by atoms with Gasteiger partial charge in [0, 0.05) is 0 Å². The SMILES string of the molecule is CCC1CC2CC(COc3ccc(S(=O)(=O)O)cc3)CC(C1)C2. The van der Waals surface area contributed by atoms with Crippen LogP contribution in [-0.4, -0.2) is 19.6 Å². The molecule has 128 valence electrons. The highest BCUT2D eigenvalue weighted by Gasteiger charge is 2.35. The Morgan fingerprint density at radius 3 is 2.09 bits per heavy atom. The standard InChI is InChI=1S/C18H26O4S/c1-2-13-7-14-9-15(8-13)11-16(10-14)12-22-17-3-5-18(6-4-17)23(19,20)21/h3-6,13-16H,2,7-12H2,1H3,(H,19,20,21). The predicted molar refractivity (Wildman–Crippen MR) is 89.1 cm³/mol. The van der Waals surface area contributed by atoms with Gasteiger partial charge in [-0.3, -0.25) is 4.55 Å². The van der Waals surface area contributed by atoms with E-state index in [0.29, 0.717) is 18.3 Å². The summed E-state index contributed by atoms with van der Waals surface area (Å²) in [5.74, 6) is 3.93. The maximum absolute atomic E-state index is 11.0. The van der Waals surface area contributed by atoms with Crippen LogP contribution < -0.4 is 4.74 Å². The summed E-state index contributed by atoms with van der Waals surface area (Å²) >= 11 is 0. The first kappa shape index (κ1) is 16.8. The highest BCUT2D eigenvalue weighted by atomic mass is 32.2. The van der Waals surface area contributed by atoms with E-state index in [1.165, 1.54) is 50.7 Å². The summed E-state index contributed by atoms with van der Waals surface area (Å²) in [6.07, 6.45) is 8.00. The molecule has 1 N–H and O–H groups in total. The van der Waals surface area contributed by atoms with Gasteiger partial charge in [-0.1, -0.05) is 13.3 Å². The zero-order valence-corrected chi connectivity index (χ0v) is 14.5. The highest BCUT2D eigenvalue weighted by molar-refractivity contribution is 7.85. The molecule has 2 atom stereocenters. The second-order valence-electron chi connectivity index (χ2n) is 7.31. The van der Waals surface area contributed by atoms with Crippen LogP contribution in [0.3, 0.4) is 0 Å². The van der Waals surface area contributed by atoms with Crippen LogP contribution in [0.4, 0.5) is 0 Å². The van der Waals surface area contributed by atoms with E-state index in [1.54, 1.807) is 12.1 Å². The van der Waals surface area contributed by atoms with Crippen LogP contribution in [0.25, 0.3) is 0 Å². The highest BCUT2D eigenvalue weighted by Crippen LogP contribution is 2.45. The molecule has 1 aromatic rings. The third kappa shape index (κ3) is 4.27. The van der Waals surface area contributed by atoms with Gasteiger partial charge in [0.1, 0.15) is 5.75 Å². The molecule has 2 saturated carbocycles. The Morgan fingerprint density at radius 2 is 1.57 bits per heavy atom. The van der Waals surface area contributed by atoms with Crippen molar-refractivity contribution < 1.29 is 17.7 Å². The molecule has 0 radical (unpaired) electrons. The van der Waals surface area contributed by atoms with Crippen LogP contribution >= 0.6 is 0 Å². The lowest BCUT2D eigenvalue weighted by molar-refractivity contribution is 0.0713. The smallest absolute Gasteiger partial charge is 0.294 e. The molecule has 2 bridgehead atoms. The van der Waals surface area contributed by atoms with Crippen molar-refractivity contribution in [2.75, 3.05) is 6.61 Å². The fraction of sp³-hybridized carbons (Fsp3) is 0.667. The minimum Gasteiger partial charge on any atom is -0.493 e. The first-order chi connectivity index (χ1) is 10.9. The summed E-state index contributed by atoms with van der Waals surface area (Å²) in [5.41, 5.74) is 0. The predicted octanol–water partition coefficient (Wildman–Crippen LogP) is 4.16. The Bertz CT molecular complexity index is 609. The van der Waals surface area contributed by atoms with Gasteiger partial charge in [-0.05, 0) is 80.0 Å². The zero-order valence-electron chi connectivity index (χ0n) is 13.6. The maximum Gasteiger partial charge on any atom is 0.294 e. The van der Waals surface area contributed by atoms with Gasteiger partial charge in [0.25, 0.3) is 10.1 Å². The monoisotopic (exact) mass is 338 g/mol. The lowest BCUT2D eigenvalue weighted by atomic mass is 9.64. The molecule has 2 aliphatic carbocycles. The molecule has 2 fully saturated rings. The van der Waals surface area contributed by atoms with Crippen molar-refractivity contribution >= 4 is 10.1 Å². The van der Waals surface area contributed by atoms with Gasteiger partial charge in [-0.25, -0.2) is 0 Å². The molecule has 5 heteroatoms. The third-order valence-corrected chi connectivity index (χ3v) is 6.39. The Morgan fingerprint density at radius 1 is 1.00 bits per heavy atom. The summed E-state index contributed by atoms with van der Waals surface area (Å²) in [6, 6.07) is 5.98. The molecule has 2 aliphatic rings. The molecule has 0 heterocycles. The number of ether oxygens (including phenoxy) is 1. The van der Waals surface area contributed by atoms with E-state index in [0.717, 1.165) is 17.8 Å². The lowest BCUT2D eigenvalue weighted by Gasteiger charge is -2.42. The Labute approximate surface area is 139 Å². The summed E-state index contributed by atoms with van der Waals surface area (Å²) in [4.78, 5) is -0.0948. The summed E-state index contributed by atoms with van der Waals surface area (Å²) in [6.45, 7) is 3.01. The van der Waals surface area contributed by atoms with Crippen molar-refractivity contribution in [2.45, 2.75) is 50.3 Å². The molecule has 0 aliphatic heterocycles. The van der Waals surface area contributed by atoms with Crippen molar-refractivity contribution in [3.8, 4) is 5.75 Å². The molecule has 0 saturated heterocycles. The molecule has 0 spiro atoms. The lowest BCUT2D eigenvalue weighted by Crippen LogP contribution is -2.33. The van der Waals surface area contributed by atoms with E-state index >= 15 is 0 Å². The molecule has 2 unspecified atom stereocenters. The van der Waals surface area contributed by atoms with Crippen LogP contribution in [0.1, 0.15) is 45.4 Å². The van der Waals surface area contributed by atoms with Gasteiger partial charge >= 0.3 is 0 Å². The molecule has 0 aromatic heterocycles. The Hall–Kier alpha value is -1.07. The van der Waals surface area contributed by atoms with Crippen molar-refractivity contribution in [2.24, 2.45) is 23.7 Å². The van der Waals surface area contributed by atoms with Crippen molar-refractivity contribution in [3.05, 3.63) is 24.3 Å². The summed E-state index contributed by atoms with van der Waals surface area (Å²) < 4.78 is 36.9. The zero-order chi connectivity index (χ0) is 16.4. The second kappa shape index (κ2) is 6.81. The average Bonchev–Trinajstić information content (AvgIpc) is 2.51. The number of hydrogen-bond acceptors (Lipinski definition) is 3. The topological polar surface area (TPSA) is 63.6 Å². The molecular formula is C18H26O4S. The number of fused-ring (bicyclic) bond motifs is 2. The van der Waals surface area contributed by atoms with Gasteiger partial charge in [0.2, 0.25) is 0 Å². The number of rotatable bonds is 5. The minimum atomic E-state index is -4.13. The van der Waals surface area contributed by atoms with E-state index in [2.05, 4.69) is 6.92 Å². The fourth-order valence-corrected chi connectivity index (χ4v) is 5.00. The van der Waals surface area contributed by atoms with Crippen LogP contribution in [0.15, 0.2) is 29.2 Å². The van der Waals surface area contributed by atoms with Gasteiger partial charge < -0.3 is 4.74 Å². The van der Waals surface area contributed by atoms with Crippen LogP contribution in [0.2, 0.25) is 0 Å². The van der Waals surface area contributed by atoms with Crippen LogP contribution in [-0.2, 0) is 10.1 Å². The van der Waals surface area contributed by atoms with Gasteiger partial charge in [-0.2, -0.15) is 8.42 Å². The van der Waals surface area contributed by atoms with Crippen LogP contribution in [0.5, 0.6) is 5.75 Å². The normalized spacial score (nSPS) is 30.9. The van der Waals surface area contributed by atoms with Crippen LogP contribution in [0, 0.1) is 23.7 Å². The van der Waals surface area contributed by atoms with E-state index in [1.807, 2.05) is 0 Å². The second-order valence-corrected chi connectivity index (χ2v) is 8.73. The van der Waals surface area contributed by atoms with E-state index in [9.17, 15) is 8.42 Å². The first-order valence-corrected chi connectivity index (χ1v) is 10.1. The van der Waals surface area contributed by atoms with E-state index in [4.69, 9.17) is 9.29 Å². The molecule has 4 nitrogen and oxygen atoms in total. The number of hydrogen-bond donors (Lipinski definition) is 1. The van der Waals surface area contributed by atoms with Crippen molar-refractivity contribution in [1.29, 1.82) is 0 Å². The Kier molecular flexibility index (Phi) is 4.97. The van der Waals surface area contributed by atoms with E-state index in [-0.39, 0.29) is 4.90 Å². The quantitative estimate of drug-likeness (QED) is 0.819. The van der Waals surface area contributed by atoms with Gasteiger partial charge in [-0.15, -0.1) is 0 Å². The fourth-order valence-electron chi connectivity index (χ4n) is 4.52. The first-order valence-electron chi connectivity index (χ1n) is 8.64. The molecular weight excluding hydrogens is 312 g/mol. The van der Waals surface area contributed by atoms with Gasteiger partial charge in [0.15, 0.2) is 0 Å². The van der Waals surface area contributed by atoms with E-state index < -0.39 is 10.1 Å². The molecule has 1 aromatic carbocycles. The molecule has 3 rings (SSSR count). The molecule has 23 heavy (non-hydrogen) atoms. The Balaban J connectivity index is 1.53. The van der Waals surface area contributed by atoms with Crippen molar-refractivity contribution in [1.82, 2.24) is 0 Å².